The number of ether oxygens (including phenoxy) is 2. The minimum absolute atomic E-state index is 0.0559. The Labute approximate surface area is 414 Å². The van der Waals surface area contributed by atoms with E-state index in [-0.39, 0.29) is 38.6 Å². The lowest BCUT2D eigenvalue weighted by Crippen LogP contribution is -2.29. The molecular formula is C57H108NO8P. The summed E-state index contributed by atoms with van der Waals surface area (Å²) in [4.78, 5) is 34.8. The fraction of sp³-hybridized carbons (Fsp3) is 0.860. The standard InChI is InChI=1S/C57H108NO8P/c1-3-5-7-9-11-12-13-14-15-16-17-18-19-20-21-22-23-24-25-26-27-28-29-30-31-32-33-34-35-36-37-38-39-40-41-42-44-46-48-50-57(60)66-55(54-65-67(61,62)64-52-51-58)53-63-56(59)49-47-45-43-10-8-6-4-2/h13-14,16-17,19-20,55H,3-12,15,18,21-54,58H2,1-2H3,(H,61,62)/b14-13-,17-16-,20-19-. The number of carbonyl (C=O) groups excluding carboxylic acids is 2. The zero-order chi connectivity index (χ0) is 48.8. The molecule has 2 atom stereocenters. The molecule has 0 saturated carbocycles. The Balaban J connectivity index is 3.66. The summed E-state index contributed by atoms with van der Waals surface area (Å²) in [5.41, 5.74) is 5.35. The fourth-order valence-electron chi connectivity index (χ4n) is 8.29. The third-order valence-electron chi connectivity index (χ3n) is 12.5. The molecule has 0 amide bonds. The normalized spacial score (nSPS) is 13.3. The van der Waals surface area contributed by atoms with Gasteiger partial charge in [0.25, 0.3) is 0 Å². The molecule has 0 aliphatic rings. The summed E-state index contributed by atoms with van der Waals surface area (Å²) < 4.78 is 32.7. The van der Waals surface area contributed by atoms with E-state index in [1.165, 1.54) is 205 Å². The number of esters is 2. The molecule has 10 heteroatoms. The minimum atomic E-state index is -4.37. The van der Waals surface area contributed by atoms with Crippen molar-refractivity contribution in [3.8, 4) is 0 Å². The van der Waals surface area contributed by atoms with Crippen molar-refractivity contribution in [2.45, 2.75) is 290 Å². The first-order chi connectivity index (χ1) is 32.8. The zero-order valence-corrected chi connectivity index (χ0v) is 44.8. The van der Waals surface area contributed by atoms with Crippen molar-refractivity contribution < 1.29 is 37.6 Å². The van der Waals surface area contributed by atoms with Gasteiger partial charge in [-0.1, -0.05) is 256 Å². The first kappa shape index (κ1) is 65.2. The van der Waals surface area contributed by atoms with E-state index in [2.05, 4.69) is 50.3 Å². The van der Waals surface area contributed by atoms with Crippen LogP contribution in [-0.2, 0) is 32.7 Å². The van der Waals surface area contributed by atoms with Gasteiger partial charge in [-0.3, -0.25) is 18.6 Å². The number of allylic oxidation sites excluding steroid dienone is 6. The topological polar surface area (TPSA) is 134 Å². The van der Waals surface area contributed by atoms with E-state index in [1.54, 1.807) is 0 Å². The van der Waals surface area contributed by atoms with Crippen LogP contribution in [0.3, 0.4) is 0 Å². The second-order valence-electron chi connectivity index (χ2n) is 19.2. The van der Waals surface area contributed by atoms with Gasteiger partial charge in [0, 0.05) is 19.4 Å². The monoisotopic (exact) mass is 966 g/mol. The third-order valence-corrected chi connectivity index (χ3v) is 13.5. The van der Waals surface area contributed by atoms with Gasteiger partial charge >= 0.3 is 19.8 Å². The van der Waals surface area contributed by atoms with E-state index in [0.717, 1.165) is 44.9 Å². The average molecular weight is 966 g/mol. The van der Waals surface area contributed by atoms with Crippen molar-refractivity contribution in [3.63, 3.8) is 0 Å². The second-order valence-corrected chi connectivity index (χ2v) is 20.6. The summed E-state index contributed by atoms with van der Waals surface area (Å²) in [6, 6.07) is 0. The number of unbranched alkanes of at least 4 members (excludes halogenated alkanes) is 35. The van der Waals surface area contributed by atoms with Crippen LogP contribution in [0.25, 0.3) is 0 Å². The number of hydrogen-bond donors (Lipinski definition) is 2. The third kappa shape index (κ3) is 53.4. The molecule has 0 fully saturated rings. The smallest absolute Gasteiger partial charge is 0.462 e. The Morgan fingerprint density at radius 1 is 0.448 bits per heavy atom. The molecule has 0 rings (SSSR count). The summed E-state index contributed by atoms with van der Waals surface area (Å²) in [7, 11) is -4.37. The summed E-state index contributed by atoms with van der Waals surface area (Å²) in [6.07, 6.45) is 64.1. The van der Waals surface area contributed by atoms with E-state index in [4.69, 9.17) is 24.3 Å². The Bertz CT molecular complexity index is 1190. The number of phosphoric ester groups is 1. The average Bonchev–Trinajstić information content (AvgIpc) is 3.32. The van der Waals surface area contributed by atoms with Crippen molar-refractivity contribution in [1.29, 1.82) is 0 Å². The van der Waals surface area contributed by atoms with Crippen LogP contribution in [0.4, 0.5) is 0 Å². The first-order valence-electron chi connectivity index (χ1n) is 28.5. The van der Waals surface area contributed by atoms with Crippen LogP contribution in [0.2, 0.25) is 0 Å². The maximum Gasteiger partial charge on any atom is 0.472 e. The molecule has 0 bridgehead atoms. The van der Waals surface area contributed by atoms with Crippen molar-refractivity contribution in [3.05, 3.63) is 36.5 Å². The molecule has 3 N–H and O–H groups in total. The highest BCUT2D eigenvalue weighted by molar-refractivity contribution is 7.47. The molecule has 0 heterocycles. The van der Waals surface area contributed by atoms with Crippen molar-refractivity contribution in [2.24, 2.45) is 5.73 Å². The maximum absolute atomic E-state index is 12.6. The van der Waals surface area contributed by atoms with Gasteiger partial charge < -0.3 is 20.1 Å². The van der Waals surface area contributed by atoms with E-state index < -0.39 is 26.5 Å². The lowest BCUT2D eigenvalue weighted by atomic mass is 10.0. The number of phosphoric acid groups is 1. The van der Waals surface area contributed by atoms with Crippen LogP contribution in [0.1, 0.15) is 284 Å². The van der Waals surface area contributed by atoms with E-state index in [1.807, 2.05) is 0 Å². The predicted octanol–water partition coefficient (Wildman–Crippen LogP) is 17.6. The number of rotatable bonds is 54. The maximum atomic E-state index is 12.6. The summed E-state index contributed by atoms with van der Waals surface area (Å²) >= 11 is 0. The van der Waals surface area contributed by atoms with Crippen LogP contribution in [0.15, 0.2) is 36.5 Å². The van der Waals surface area contributed by atoms with Gasteiger partial charge in [0.15, 0.2) is 6.10 Å². The Morgan fingerprint density at radius 3 is 1.15 bits per heavy atom. The Kier molecular flexibility index (Phi) is 52.2. The zero-order valence-electron chi connectivity index (χ0n) is 43.9. The SMILES string of the molecule is CCCCCCC/C=C\C/C=C\C/C=C\CCCCCCCCCCCCCCCCCCCCCCCCCCC(=O)OC(COC(=O)CCCCCCCCC)COP(=O)(O)OCCN. The summed E-state index contributed by atoms with van der Waals surface area (Å²) in [6.45, 7) is 3.70. The molecule has 0 aromatic rings. The Hall–Kier alpha value is -1.77. The number of nitrogens with two attached hydrogens (primary N) is 1. The summed E-state index contributed by atoms with van der Waals surface area (Å²) in [5, 5.41) is 0. The lowest BCUT2D eigenvalue weighted by Gasteiger charge is -2.19. The number of carbonyl (C=O) groups is 2. The largest absolute Gasteiger partial charge is 0.472 e. The van der Waals surface area contributed by atoms with Crippen LogP contribution in [0, 0.1) is 0 Å². The van der Waals surface area contributed by atoms with Crippen molar-refractivity contribution in [2.75, 3.05) is 26.4 Å². The lowest BCUT2D eigenvalue weighted by molar-refractivity contribution is -0.161. The first-order valence-corrected chi connectivity index (χ1v) is 30.0. The molecule has 0 aromatic heterocycles. The molecule has 67 heavy (non-hydrogen) atoms. The molecule has 2 unspecified atom stereocenters. The van der Waals surface area contributed by atoms with Gasteiger partial charge in [0.1, 0.15) is 6.61 Å². The fourth-order valence-corrected chi connectivity index (χ4v) is 9.06. The van der Waals surface area contributed by atoms with Gasteiger partial charge in [-0.15, -0.1) is 0 Å². The molecular weight excluding hydrogens is 858 g/mol. The molecule has 0 saturated heterocycles. The van der Waals surface area contributed by atoms with Gasteiger partial charge in [0.2, 0.25) is 0 Å². The van der Waals surface area contributed by atoms with Crippen molar-refractivity contribution in [1.82, 2.24) is 0 Å². The van der Waals surface area contributed by atoms with Gasteiger partial charge in [-0.2, -0.15) is 0 Å². The minimum Gasteiger partial charge on any atom is -0.462 e. The van der Waals surface area contributed by atoms with E-state index in [9.17, 15) is 19.0 Å². The van der Waals surface area contributed by atoms with Gasteiger partial charge in [0.05, 0.1) is 13.2 Å². The highest BCUT2D eigenvalue weighted by Crippen LogP contribution is 2.43. The highest BCUT2D eigenvalue weighted by Gasteiger charge is 2.26. The van der Waals surface area contributed by atoms with Crippen LogP contribution in [0.5, 0.6) is 0 Å². The van der Waals surface area contributed by atoms with E-state index >= 15 is 0 Å². The molecule has 0 radical (unpaired) electrons. The molecule has 0 aliphatic carbocycles. The molecule has 0 spiro atoms. The van der Waals surface area contributed by atoms with Crippen LogP contribution < -0.4 is 5.73 Å². The molecule has 394 valence electrons. The molecule has 0 aromatic carbocycles. The van der Waals surface area contributed by atoms with Crippen molar-refractivity contribution >= 4 is 19.8 Å². The van der Waals surface area contributed by atoms with Gasteiger partial charge in [-0.25, -0.2) is 4.57 Å². The number of hydrogen-bond acceptors (Lipinski definition) is 8. The summed E-state index contributed by atoms with van der Waals surface area (Å²) in [5.74, 6) is -0.823. The Morgan fingerprint density at radius 2 is 0.776 bits per heavy atom. The van der Waals surface area contributed by atoms with E-state index in [0.29, 0.717) is 6.42 Å². The van der Waals surface area contributed by atoms with Gasteiger partial charge in [-0.05, 0) is 51.4 Å². The van der Waals surface area contributed by atoms with Crippen LogP contribution in [-0.4, -0.2) is 49.3 Å². The van der Waals surface area contributed by atoms with Crippen LogP contribution >= 0.6 is 7.82 Å². The predicted molar refractivity (Wildman–Crippen MR) is 284 cm³/mol. The highest BCUT2D eigenvalue weighted by atomic mass is 31.2. The second kappa shape index (κ2) is 53.6. The quantitative estimate of drug-likeness (QED) is 0.0264. The molecule has 9 nitrogen and oxygen atoms in total. The molecule has 0 aliphatic heterocycles.